The summed E-state index contributed by atoms with van der Waals surface area (Å²) in [5, 5.41) is 4.60. The summed E-state index contributed by atoms with van der Waals surface area (Å²) in [6.07, 6.45) is 1.64. The molecule has 0 bridgehead atoms. The summed E-state index contributed by atoms with van der Waals surface area (Å²) in [5.74, 6) is -1.48. The molecule has 5 nitrogen and oxygen atoms in total. The standard InChI is InChI=1S/C13H16ClFN2O3S/c1-13(2)4-3-5-17(13)12(18)9-6-8(21(16,19)20)7-10(15)11(9)14/h6-7H,3-5H2,1-2H3,(H2,16,19,20). The highest BCUT2D eigenvalue weighted by atomic mass is 35.5. The Balaban J connectivity index is 2.53. The van der Waals surface area contributed by atoms with Crippen molar-refractivity contribution < 1.29 is 17.6 Å². The van der Waals surface area contributed by atoms with Gasteiger partial charge in [0.2, 0.25) is 10.0 Å². The van der Waals surface area contributed by atoms with E-state index < -0.39 is 31.7 Å². The highest BCUT2D eigenvalue weighted by Crippen LogP contribution is 2.32. The number of primary sulfonamides is 1. The normalized spacial score (nSPS) is 18.0. The average molecular weight is 335 g/mol. The van der Waals surface area contributed by atoms with Gasteiger partial charge >= 0.3 is 0 Å². The minimum absolute atomic E-state index is 0.185. The van der Waals surface area contributed by atoms with Crippen LogP contribution in [0.2, 0.25) is 5.02 Å². The molecule has 1 aliphatic heterocycles. The Morgan fingerprint density at radius 3 is 2.52 bits per heavy atom. The summed E-state index contributed by atoms with van der Waals surface area (Å²) in [6.45, 7) is 4.31. The number of rotatable bonds is 2. The molecule has 0 aliphatic carbocycles. The Bertz CT molecular complexity index is 704. The summed E-state index contributed by atoms with van der Waals surface area (Å²) in [6, 6.07) is 1.74. The number of sulfonamides is 1. The van der Waals surface area contributed by atoms with Crippen molar-refractivity contribution >= 4 is 27.5 Å². The second-order valence-corrected chi connectivity index (χ2v) is 7.62. The number of benzene rings is 1. The number of carbonyl (C=O) groups is 1. The summed E-state index contributed by atoms with van der Waals surface area (Å²) in [5.41, 5.74) is -0.565. The average Bonchev–Trinajstić information content (AvgIpc) is 2.70. The second-order valence-electron chi connectivity index (χ2n) is 5.68. The fraction of sp³-hybridized carbons (Fsp3) is 0.462. The zero-order valence-electron chi connectivity index (χ0n) is 11.7. The maximum Gasteiger partial charge on any atom is 0.255 e. The van der Waals surface area contributed by atoms with E-state index in [-0.39, 0.29) is 11.1 Å². The van der Waals surface area contributed by atoms with Crippen LogP contribution in [0.3, 0.4) is 0 Å². The maximum absolute atomic E-state index is 13.8. The van der Waals surface area contributed by atoms with Crippen LogP contribution in [-0.4, -0.2) is 31.3 Å². The molecule has 1 heterocycles. The quantitative estimate of drug-likeness (QED) is 0.899. The van der Waals surface area contributed by atoms with Crippen molar-refractivity contribution in [3.05, 3.63) is 28.5 Å². The van der Waals surface area contributed by atoms with Gasteiger partial charge in [-0.2, -0.15) is 0 Å². The molecule has 0 unspecified atom stereocenters. The van der Waals surface area contributed by atoms with Crippen molar-refractivity contribution in [3.63, 3.8) is 0 Å². The van der Waals surface area contributed by atoms with Crippen LogP contribution < -0.4 is 5.14 Å². The molecule has 2 N–H and O–H groups in total. The number of hydrogen-bond acceptors (Lipinski definition) is 3. The largest absolute Gasteiger partial charge is 0.333 e. The van der Waals surface area contributed by atoms with Gasteiger partial charge in [-0.25, -0.2) is 17.9 Å². The van der Waals surface area contributed by atoms with Gasteiger partial charge in [0.15, 0.2) is 0 Å². The first-order valence-electron chi connectivity index (χ1n) is 6.38. The maximum atomic E-state index is 13.8. The minimum atomic E-state index is -4.12. The Morgan fingerprint density at radius 2 is 2.05 bits per heavy atom. The minimum Gasteiger partial charge on any atom is -0.333 e. The molecular weight excluding hydrogens is 319 g/mol. The van der Waals surface area contributed by atoms with E-state index in [4.69, 9.17) is 16.7 Å². The second kappa shape index (κ2) is 5.23. The Morgan fingerprint density at radius 1 is 1.43 bits per heavy atom. The van der Waals surface area contributed by atoms with E-state index in [9.17, 15) is 17.6 Å². The summed E-state index contributed by atoms with van der Waals surface area (Å²) < 4.78 is 36.5. The van der Waals surface area contributed by atoms with Gasteiger partial charge in [0.1, 0.15) is 5.82 Å². The molecule has 21 heavy (non-hydrogen) atoms. The Labute approximate surface area is 127 Å². The number of halogens is 2. The number of hydrogen-bond donors (Lipinski definition) is 1. The van der Waals surface area contributed by atoms with E-state index in [0.717, 1.165) is 18.9 Å². The molecule has 1 aromatic rings. The Kier molecular flexibility index (Phi) is 4.03. The van der Waals surface area contributed by atoms with Crippen LogP contribution >= 0.6 is 11.6 Å². The van der Waals surface area contributed by atoms with Gasteiger partial charge in [0.25, 0.3) is 5.91 Å². The van der Waals surface area contributed by atoms with Crippen LogP contribution in [0, 0.1) is 5.82 Å². The lowest BCUT2D eigenvalue weighted by molar-refractivity contribution is 0.0651. The molecule has 1 saturated heterocycles. The summed E-state index contributed by atoms with van der Waals surface area (Å²) in [4.78, 5) is 13.7. The molecule has 1 fully saturated rings. The van der Waals surface area contributed by atoms with Crippen molar-refractivity contribution in [1.29, 1.82) is 0 Å². The molecule has 0 aromatic heterocycles. The molecule has 1 aliphatic rings. The first-order chi connectivity index (χ1) is 9.54. The van der Waals surface area contributed by atoms with E-state index >= 15 is 0 Å². The van der Waals surface area contributed by atoms with Crippen molar-refractivity contribution in [2.24, 2.45) is 5.14 Å². The molecule has 8 heteroatoms. The number of carbonyl (C=O) groups excluding carboxylic acids is 1. The molecule has 0 spiro atoms. The van der Waals surface area contributed by atoms with E-state index in [0.29, 0.717) is 12.6 Å². The lowest BCUT2D eigenvalue weighted by Gasteiger charge is -2.32. The molecule has 0 radical (unpaired) electrons. The van der Waals surface area contributed by atoms with Gasteiger partial charge in [-0.15, -0.1) is 0 Å². The predicted octanol–water partition coefficient (Wildman–Crippen LogP) is 2.14. The number of amides is 1. The van der Waals surface area contributed by atoms with Crippen molar-refractivity contribution in [3.8, 4) is 0 Å². The van der Waals surface area contributed by atoms with Gasteiger partial charge in [-0.3, -0.25) is 4.79 Å². The topological polar surface area (TPSA) is 80.5 Å². The van der Waals surface area contributed by atoms with E-state index in [1.54, 1.807) is 4.90 Å². The predicted molar refractivity (Wildman–Crippen MR) is 77.1 cm³/mol. The zero-order chi connectivity index (χ0) is 16.0. The van der Waals surface area contributed by atoms with Gasteiger partial charge in [0, 0.05) is 12.1 Å². The smallest absolute Gasteiger partial charge is 0.255 e. The first-order valence-corrected chi connectivity index (χ1v) is 8.30. The Hall–Kier alpha value is -1.18. The monoisotopic (exact) mass is 334 g/mol. The van der Waals surface area contributed by atoms with Crippen LogP contribution in [-0.2, 0) is 10.0 Å². The van der Waals surface area contributed by atoms with E-state index in [1.165, 1.54) is 0 Å². The number of likely N-dealkylation sites (tertiary alicyclic amines) is 1. The SMILES string of the molecule is CC1(C)CCCN1C(=O)c1cc(S(N)(=O)=O)cc(F)c1Cl. The number of nitrogens with zero attached hydrogens (tertiary/aromatic N) is 1. The zero-order valence-corrected chi connectivity index (χ0v) is 13.3. The number of nitrogens with two attached hydrogens (primary N) is 1. The third-order valence-corrected chi connectivity index (χ3v) is 4.98. The highest BCUT2D eigenvalue weighted by Gasteiger charge is 2.37. The fourth-order valence-corrected chi connectivity index (χ4v) is 3.25. The van der Waals surface area contributed by atoms with Gasteiger partial charge in [-0.1, -0.05) is 11.6 Å². The van der Waals surface area contributed by atoms with Gasteiger partial charge < -0.3 is 4.90 Å². The summed E-state index contributed by atoms with van der Waals surface area (Å²) >= 11 is 5.82. The van der Waals surface area contributed by atoms with Crippen LogP contribution in [0.1, 0.15) is 37.0 Å². The van der Waals surface area contributed by atoms with Crippen LogP contribution in [0.5, 0.6) is 0 Å². The van der Waals surface area contributed by atoms with Crippen LogP contribution in [0.15, 0.2) is 17.0 Å². The van der Waals surface area contributed by atoms with Crippen molar-refractivity contribution in [2.45, 2.75) is 37.1 Å². The highest BCUT2D eigenvalue weighted by molar-refractivity contribution is 7.89. The molecule has 116 valence electrons. The molecule has 2 rings (SSSR count). The first kappa shape index (κ1) is 16.2. The lowest BCUT2D eigenvalue weighted by atomic mass is 10.0. The molecule has 0 atom stereocenters. The molecule has 0 saturated carbocycles. The van der Waals surface area contributed by atoms with Crippen LogP contribution in [0.25, 0.3) is 0 Å². The molecule has 1 aromatic carbocycles. The van der Waals surface area contributed by atoms with Crippen molar-refractivity contribution in [2.75, 3.05) is 6.54 Å². The molecule has 1 amide bonds. The molecular formula is C13H16ClFN2O3S. The van der Waals surface area contributed by atoms with Gasteiger partial charge in [-0.05, 0) is 38.8 Å². The van der Waals surface area contributed by atoms with Crippen molar-refractivity contribution in [1.82, 2.24) is 4.90 Å². The lowest BCUT2D eigenvalue weighted by Crippen LogP contribution is -2.42. The van der Waals surface area contributed by atoms with E-state index in [2.05, 4.69) is 0 Å². The van der Waals surface area contributed by atoms with Crippen LogP contribution in [0.4, 0.5) is 4.39 Å². The third kappa shape index (κ3) is 3.04. The summed E-state index contributed by atoms with van der Waals surface area (Å²) in [7, 11) is -4.12. The van der Waals surface area contributed by atoms with Gasteiger partial charge in [0.05, 0.1) is 15.5 Å². The fourth-order valence-electron chi connectivity index (χ4n) is 2.51. The van der Waals surface area contributed by atoms with E-state index in [1.807, 2.05) is 13.8 Å². The third-order valence-electron chi connectivity index (χ3n) is 3.71.